The van der Waals surface area contributed by atoms with Crippen LogP contribution in [-0.2, 0) is 6.42 Å². The predicted molar refractivity (Wildman–Crippen MR) is 80.6 cm³/mol. The molecular weight excluding hydrogens is 248 g/mol. The Labute approximate surface area is 120 Å². The van der Waals surface area contributed by atoms with Crippen LogP contribution in [0.5, 0.6) is 0 Å². The van der Waals surface area contributed by atoms with Gasteiger partial charge < -0.3 is 5.32 Å². The van der Waals surface area contributed by atoms with E-state index in [0.717, 1.165) is 18.4 Å². The first-order chi connectivity index (χ1) is 9.70. The molecular formula is C17H20N2O. The van der Waals surface area contributed by atoms with Crippen molar-refractivity contribution >= 4 is 5.91 Å². The van der Waals surface area contributed by atoms with E-state index in [1.165, 1.54) is 5.56 Å². The fourth-order valence-corrected chi connectivity index (χ4v) is 2.12. The van der Waals surface area contributed by atoms with E-state index in [4.69, 9.17) is 0 Å². The number of nitrogens with zero attached hydrogens (tertiary/aromatic N) is 1. The molecule has 0 radical (unpaired) electrons. The van der Waals surface area contributed by atoms with Gasteiger partial charge in [0.1, 0.15) is 0 Å². The highest BCUT2D eigenvalue weighted by Crippen LogP contribution is 2.15. The Morgan fingerprint density at radius 3 is 2.60 bits per heavy atom. The highest BCUT2D eigenvalue weighted by atomic mass is 16.1. The molecule has 0 unspecified atom stereocenters. The third kappa shape index (κ3) is 3.67. The largest absolute Gasteiger partial charge is 0.345 e. The Balaban J connectivity index is 2.01. The van der Waals surface area contributed by atoms with Gasteiger partial charge in [-0.15, -0.1) is 0 Å². The summed E-state index contributed by atoms with van der Waals surface area (Å²) in [4.78, 5) is 16.0. The average molecular weight is 268 g/mol. The quantitative estimate of drug-likeness (QED) is 0.901. The molecule has 1 aromatic heterocycles. The van der Waals surface area contributed by atoms with Crippen molar-refractivity contribution in [1.29, 1.82) is 0 Å². The summed E-state index contributed by atoms with van der Waals surface area (Å²) in [6.45, 7) is 4.16. The van der Waals surface area contributed by atoms with Gasteiger partial charge in [-0.1, -0.05) is 37.6 Å². The summed E-state index contributed by atoms with van der Waals surface area (Å²) >= 11 is 0. The lowest BCUT2D eigenvalue weighted by molar-refractivity contribution is 0.0939. The fourth-order valence-electron chi connectivity index (χ4n) is 2.12. The van der Waals surface area contributed by atoms with E-state index >= 15 is 0 Å². The molecule has 2 rings (SSSR count). The van der Waals surface area contributed by atoms with Crippen LogP contribution in [0.4, 0.5) is 0 Å². The number of aromatic nitrogens is 1. The predicted octanol–water partition coefficient (Wildman–Crippen LogP) is 3.53. The lowest BCUT2D eigenvalue weighted by Gasteiger charge is -2.14. The van der Waals surface area contributed by atoms with Gasteiger partial charge in [0.2, 0.25) is 0 Å². The van der Waals surface area contributed by atoms with Crippen LogP contribution in [0.15, 0.2) is 48.8 Å². The van der Waals surface area contributed by atoms with E-state index in [1.807, 2.05) is 6.92 Å². The molecule has 0 fully saturated rings. The van der Waals surface area contributed by atoms with E-state index in [-0.39, 0.29) is 11.9 Å². The number of amides is 1. The fraction of sp³-hybridized carbons (Fsp3) is 0.294. The first-order valence-corrected chi connectivity index (χ1v) is 7.00. The summed E-state index contributed by atoms with van der Waals surface area (Å²) in [5.41, 5.74) is 3.03. The number of nitrogens with one attached hydrogen (secondary N) is 1. The molecule has 1 heterocycles. The van der Waals surface area contributed by atoms with Gasteiger partial charge in [-0.2, -0.15) is 0 Å². The zero-order valence-corrected chi connectivity index (χ0v) is 12.0. The summed E-state index contributed by atoms with van der Waals surface area (Å²) in [6.07, 6.45) is 5.47. The number of hydrogen-bond donors (Lipinski definition) is 1. The van der Waals surface area contributed by atoms with E-state index in [9.17, 15) is 4.79 Å². The standard InChI is InChI=1S/C17H20N2O/c1-3-5-14-7-9-15(10-8-14)13(2)19-17(20)16-6-4-11-18-12-16/h4,6-13H,3,5H2,1-2H3,(H,19,20)/t13-/m0/s1. The van der Waals surface area contributed by atoms with Gasteiger partial charge >= 0.3 is 0 Å². The van der Waals surface area contributed by atoms with E-state index in [1.54, 1.807) is 24.5 Å². The third-order valence-electron chi connectivity index (χ3n) is 3.29. The molecule has 0 aliphatic carbocycles. The zero-order valence-electron chi connectivity index (χ0n) is 12.0. The Kier molecular flexibility index (Phi) is 4.88. The van der Waals surface area contributed by atoms with E-state index < -0.39 is 0 Å². The van der Waals surface area contributed by atoms with Gasteiger partial charge in [0, 0.05) is 12.4 Å². The first-order valence-electron chi connectivity index (χ1n) is 7.00. The minimum atomic E-state index is -0.0942. The van der Waals surface area contributed by atoms with Gasteiger partial charge in [0.05, 0.1) is 11.6 Å². The molecule has 0 spiro atoms. The van der Waals surface area contributed by atoms with Crippen molar-refractivity contribution in [3.8, 4) is 0 Å². The highest BCUT2D eigenvalue weighted by Gasteiger charge is 2.11. The van der Waals surface area contributed by atoms with Crippen molar-refractivity contribution in [3.63, 3.8) is 0 Å². The number of aryl methyl sites for hydroxylation is 1. The molecule has 0 saturated carbocycles. The van der Waals surface area contributed by atoms with Gasteiger partial charge in [-0.3, -0.25) is 9.78 Å². The van der Waals surface area contributed by atoms with Crippen LogP contribution >= 0.6 is 0 Å². The molecule has 1 atom stereocenters. The van der Waals surface area contributed by atoms with Crippen molar-refractivity contribution in [2.75, 3.05) is 0 Å². The Morgan fingerprint density at radius 2 is 2.00 bits per heavy atom. The SMILES string of the molecule is CCCc1ccc([C@H](C)NC(=O)c2cccnc2)cc1. The highest BCUT2D eigenvalue weighted by molar-refractivity contribution is 5.94. The van der Waals surface area contributed by atoms with Gasteiger partial charge in [-0.05, 0) is 36.6 Å². The van der Waals surface area contributed by atoms with Crippen molar-refractivity contribution in [1.82, 2.24) is 10.3 Å². The molecule has 3 heteroatoms. The number of hydrogen-bond acceptors (Lipinski definition) is 2. The minimum Gasteiger partial charge on any atom is -0.345 e. The molecule has 0 aliphatic rings. The Bertz CT molecular complexity index is 549. The van der Waals surface area contributed by atoms with Gasteiger partial charge in [0.25, 0.3) is 5.91 Å². The first kappa shape index (κ1) is 14.3. The van der Waals surface area contributed by atoms with Crippen LogP contribution in [0.2, 0.25) is 0 Å². The molecule has 2 aromatic rings. The maximum absolute atomic E-state index is 12.0. The van der Waals surface area contributed by atoms with Crippen LogP contribution in [0.25, 0.3) is 0 Å². The van der Waals surface area contributed by atoms with Crippen LogP contribution in [0.1, 0.15) is 47.8 Å². The molecule has 0 saturated heterocycles. The number of pyridine rings is 1. The van der Waals surface area contributed by atoms with Crippen molar-refractivity contribution in [2.45, 2.75) is 32.7 Å². The maximum atomic E-state index is 12.0. The monoisotopic (exact) mass is 268 g/mol. The second-order valence-electron chi connectivity index (χ2n) is 4.93. The van der Waals surface area contributed by atoms with Crippen molar-refractivity contribution in [3.05, 3.63) is 65.5 Å². The Morgan fingerprint density at radius 1 is 1.25 bits per heavy atom. The van der Waals surface area contributed by atoms with E-state index in [0.29, 0.717) is 5.56 Å². The number of benzene rings is 1. The topological polar surface area (TPSA) is 42.0 Å². The molecule has 1 aromatic carbocycles. The van der Waals surface area contributed by atoms with Gasteiger partial charge in [-0.25, -0.2) is 0 Å². The number of carbonyl (C=O) groups excluding carboxylic acids is 1. The number of carbonyl (C=O) groups is 1. The summed E-state index contributed by atoms with van der Waals surface area (Å²) < 4.78 is 0. The molecule has 20 heavy (non-hydrogen) atoms. The number of rotatable bonds is 5. The second kappa shape index (κ2) is 6.85. The lowest BCUT2D eigenvalue weighted by atomic mass is 10.0. The lowest BCUT2D eigenvalue weighted by Crippen LogP contribution is -2.26. The van der Waals surface area contributed by atoms with Crippen LogP contribution in [-0.4, -0.2) is 10.9 Å². The maximum Gasteiger partial charge on any atom is 0.253 e. The normalized spacial score (nSPS) is 11.9. The minimum absolute atomic E-state index is 0.0154. The molecule has 1 N–H and O–H groups in total. The molecule has 0 aliphatic heterocycles. The summed E-state index contributed by atoms with van der Waals surface area (Å²) in [5.74, 6) is -0.0942. The second-order valence-corrected chi connectivity index (χ2v) is 4.93. The summed E-state index contributed by atoms with van der Waals surface area (Å²) in [7, 11) is 0. The van der Waals surface area contributed by atoms with Crippen LogP contribution in [0.3, 0.4) is 0 Å². The smallest absolute Gasteiger partial charge is 0.253 e. The molecule has 3 nitrogen and oxygen atoms in total. The summed E-state index contributed by atoms with van der Waals surface area (Å²) in [5, 5.41) is 2.98. The molecule has 1 amide bonds. The third-order valence-corrected chi connectivity index (χ3v) is 3.29. The van der Waals surface area contributed by atoms with Crippen LogP contribution in [0, 0.1) is 0 Å². The Hall–Kier alpha value is -2.16. The van der Waals surface area contributed by atoms with E-state index in [2.05, 4.69) is 41.5 Å². The molecule has 0 bridgehead atoms. The molecule has 104 valence electrons. The average Bonchev–Trinajstić information content (AvgIpc) is 2.49. The summed E-state index contributed by atoms with van der Waals surface area (Å²) in [6, 6.07) is 11.9. The van der Waals surface area contributed by atoms with Crippen molar-refractivity contribution in [2.24, 2.45) is 0 Å². The van der Waals surface area contributed by atoms with Crippen LogP contribution < -0.4 is 5.32 Å². The zero-order chi connectivity index (χ0) is 14.4. The van der Waals surface area contributed by atoms with Crippen molar-refractivity contribution < 1.29 is 4.79 Å². The van der Waals surface area contributed by atoms with Gasteiger partial charge in [0.15, 0.2) is 0 Å².